The van der Waals surface area contributed by atoms with Crippen molar-refractivity contribution in [2.75, 3.05) is 6.54 Å². The maximum absolute atomic E-state index is 13.2. The van der Waals surface area contributed by atoms with Crippen molar-refractivity contribution >= 4 is 15.9 Å². The van der Waals surface area contributed by atoms with Crippen molar-refractivity contribution in [1.82, 2.24) is 4.98 Å². The van der Waals surface area contributed by atoms with Gasteiger partial charge in [0, 0.05) is 17.1 Å². The monoisotopic (exact) mass is 268 g/mol. The van der Waals surface area contributed by atoms with E-state index in [2.05, 4.69) is 20.9 Å². The van der Waals surface area contributed by atoms with Gasteiger partial charge in [0.25, 0.3) is 5.92 Å². The number of pyridine rings is 1. The van der Waals surface area contributed by atoms with Gasteiger partial charge in [-0.1, -0.05) is 0 Å². The van der Waals surface area contributed by atoms with Gasteiger partial charge in [0.05, 0.1) is 5.56 Å². The molecule has 0 atom stereocenters. The first kappa shape index (κ1) is 11.5. The lowest BCUT2D eigenvalue weighted by Gasteiger charge is -2.15. The van der Waals surface area contributed by atoms with Crippen molar-refractivity contribution in [3.63, 3.8) is 0 Å². The highest BCUT2D eigenvalue weighted by molar-refractivity contribution is 9.10. The summed E-state index contributed by atoms with van der Waals surface area (Å²) in [5, 5.41) is 0. The summed E-state index contributed by atoms with van der Waals surface area (Å²) in [6.07, 6.45) is 0.527. The number of rotatable bonds is 3. The standard InChI is InChI=1S/C8H8BrF3N2/c9-5-3-6(7(10)14-4-5)8(11,12)1-2-13/h3-4H,1-2,13H2. The number of nitrogens with two attached hydrogens (primary N) is 1. The first-order chi connectivity index (χ1) is 6.47. The lowest BCUT2D eigenvalue weighted by atomic mass is 10.1. The van der Waals surface area contributed by atoms with Crippen molar-refractivity contribution < 1.29 is 13.2 Å². The molecule has 0 aliphatic carbocycles. The molecule has 0 radical (unpaired) electrons. The van der Waals surface area contributed by atoms with Gasteiger partial charge in [-0.05, 0) is 28.5 Å². The van der Waals surface area contributed by atoms with Gasteiger partial charge in [-0.2, -0.15) is 4.39 Å². The number of hydrogen-bond acceptors (Lipinski definition) is 2. The van der Waals surface area contributed by atoms with Crippen LogP contribution in [-0.4, -0.2) is 11.5 Å². The molecule has 2 N–H and O–H groups in total. The predicted octanol–water partition coefficient (Wildman–Crippen LogP) is 2.42. The van der Waals surface area contributed by atoms with Crippen LogP contribution in [0.2, 0.25) is 0 Å². The van der Waals surface area contributed by atoms with E-state index in [0.29, 0.717) is 4.47 Å². The Hall–Kier alpha value is -0.620. The average molecular weight is 269 g/mol. The topological polar surface area (TPSA) is 38.9 Å². The molecule has 0 fully saturated rings. The predicted molar refractivity (Wildman–Crippen MR) is 49.5 cm³/mol. The Morgan fingerprint density at radius 1 is 1.50 bits per heavy atom. The minimum absolute atomic E-state index is 0.209. The Balaban J connectivity index is 3.10. The fourth-order valence-electron chi connectivity index (χ4n) is 0.995. The van der Waals surface area contributed by atoms with E-state index < -0.39 is 23.9 Å². The van der Waals surface area contributed by atoms with Gasteiger partial charge in [-0.3, -0.25) is 0 Å². The molecule has 0 spiro atoms. The molecule has 1 rings (SSSR count). The highest BCUT2D eigenvalue weighted by Gasteiger charge is 2.34. The minimum atomic E-state index is -3.27. The molecular weight excluding hydrogens is 261 g/mol. The summed E-state index contributed by atoms with van der Waals surface area (Å²) in [5.41, 5.74) is 4.28. The van der Waals surface area contributed by atoms with Crippen molar-refractivity contribution in [3.8, 4) is 0 Å². The van der Waals surface area contributed by atoms with Crippen LogP contribution in [0.1, 0.15) is 12.0 Å². The largest absolute Gasteiger partial charge is 0.330 e. The Kier molecular flexibility index (Phi) is 3.49. The molecule has 1 heterocycles. The molecule has 14 heavy (non-hydrogen) atoms. The van der Waals surface area contributed by atoms with Crippen LogP contribution in [0.3, 0.4) is 0 Å². The smallest absolute Gasteiger partial charge is 0.278 e. The average Bonchev–Trinajstić information content (AvgIpc) is 2.09. The normalized spacial score (nSPS) is 11.8. The molecule has 0 aliphatic heterocycles. The van der Waals surface area contributed by atoms with Crippen LogP contribution >= 0.6 is 15.9 Å². The van der Waals surface area contributed by atoms with Crippen LogP contribution in [0.4, 0.5) is 13.2 Å². The zero-order valence-electron chi connectivity index (χ0n) is 7.11. The van der Waals surface area contributed by atoms with Gasteiger partial charge in [-0.25, -0.2) is 13.8 Å². The lowest BCUT2D eigenvalue weighted by Crippen LogP contribution is -2.20. The van der Waals surface area contributed by atoms with E-state index in [1.165, 1.54) is 0 Å². The van der Waals surface area contributed by atoms with Gasteiger partial charge < -0.3 is 5.73 Å². The Bertz CT molecular complexity index is 330. The molecule has 0 unspecified atom stereocenters. The zero-order chi connectivity index (χ0) is 10.8. The quantitative estimate of drug-likeness (QED) is 0.856. The number of alkyl halides is 2. The van der Waals surface area contributed by atoms with Crippen molar-refractivity contribution in [3.05, 3.63) is 28.2 Å². The molecule has 0 saturated heterocycles. The molecule has 2 nitrogen and oxygen atoms in total. The van der Waals surface area contributed by atoms with E-state index in [-0.39, 0.29) is 6.54 Å². The summed E-state index contributed by atoms with van der Waals surface area (Å²) in [7, 11) is 0. The molecule has 0 amide bonds. The van der Waals surface area contributed by atoms with E-state index in [0.717, 1.165) is 12.3 Å². The fraction of sp³-hybridized carbons (Fsp3) is 0.375. The van der Waals surface area contributed by atoms with Crippen LogP contribution < -0.4 is 5.73 Å². The molecule has 0 aliphatic rings. The fourth-order valence-corrected chi connectivity index (χ4v) is 1.33. The van der Waals surface area contributed by atoms with Gasteiger partial charge >= 0.3 is 0 Å². The SMILES string of the molecule is NCCC(F)(F)c1cc(Br)cnc1F. The van der Waals surface area contributed by atoms with Gasteiger partial charge in [0.1, 0.15) is 0 Å². The molecule has 0 aromatic carbocycles. The third-order valence-corrected chi connectivity index (χ3v) is 2.09. The second-order valence-corrected chi connectivity index (χ2v) is 3.65. The van der Waals surface area contributed by atoms with Crippen LogP contribution in [0.15, 0.2) is 16.7 Å². The molecule has 78 valence electrons. The number of aromatic nitrogens is 1. The van der Waals surface area contributed by atoms with E-state index >= 15 is 0 Å². The summed E-state index contributed by atoms with van der Waals surface area (Å²) < 4.78 is 39.7. The summed E-state index contributed by atoms with van der Waals surface area (Å²) in [4.78, 5) is 3.19. The maximum Gasteiger partial charge on any atom is 0.278 e. The summed E-state index contributed by atoms with van der Waals surface area (Å²) in [5.74, 6) is -4.43. The minimum Gasteiger partial charge on any atom is -0.330 e. The number of hydrogen-bond donors (Lipinski definition) is 1. The zero-order valence-corrected chi connectivity index (χ0v) is 8.69. The van der Waals surface area contributed by atoms with E-state index in [4.69, 9.17) is 5.73 Å². The maximum atomic E-state index is 13.2. The van der Waals surface area contributed by atoms with E-state index in [1.54, 1.807) is 0 Å². The van der Waals surface area contributed by atoms with Crippen LogP contribution in [0, 0.1) is 5.95 Å². The van der Waals surface area contributed by atoms with Gasteiger partial charge in [0.15, 0.2) is 0 Å². The molecule has 6 heteroatoms. The van der Waals surface area contributed by atoms with Crippen molar-refractivity contribution in [1.29, 1.82) is 0 Å². The molecule has 1 aromatic rings. The number of nitrogens with zero attached hydrogens (tertiary/aromatic N) is 1. The lowest BCUT2D eigenvalue weighted by molar-refractivity contribution is -0.0148. The first-order valence-corrected chi connectivity index (χ1v) is 4.66. The summed E-state index contributed by atoms with van der Waals surface area (Å²) in [6, 6.07) is 1.01. The first-order valence-electron chi connectivity index (χ1n) is 3.87. The van der Waals surface area contributed by atoms with Crippen LogP contribution in [0.25, 0.3) is 0 Å². The van der Waals surface area contributed by atoms with Crippen molar-refractivity contribution in [2.24, 2.45) is 5.73 Å². The van der Waals surface area contributed by atoms with Gasteiger partial charge in [0.2, 0.25) is 5.95 Å². The van der Waals surface area contributed by atoms with E-state index in [9.17, 15) is 13.2 Å². The highest BCUT2D eigenvalue weighted by atomic mass is 79.9. The van der Waals surface area contributed by atoms with Gasteiger partial charge in [-0.15, -0.1) is 0 Å². The van der Waals surface area contributed by atoms with E-state index in [1.807, 2.05) is 0 Å². The Labute approximate surface area is 87.4 Å². The molecular formula is C8H8BrF3N2. The summed E-state index contributed by atoms with van der Waals surface area (Å²) in [6.45, 7) is -0.209. The molecule has 1 aromatic heterocycles. The Morgan fingerprint density at radius 3 is 2.71 bits per heavy atom. The third-order valence-electron chi connectivity index (χ3n) is 1.66. The van der Waals surface area contributed by atoms with Crippen LogP contribution in [-0.2, 0) is 5.92 Å². The second kappa shape index (κ2) is 4.27. The van der Waals surface area contributed by atoms with Crippen molar-refractivity contribution in [2.45, 2.75) is 12.3 Å². The number of halogens is 4. The Morgan fingerprint density at radius 2 is 2.14 bits per heavy atom. The summed E-state index contributed by atoms with van der Waals surface area (Å²) >= 11 is 2.95. The molecule has 0 bridgehead atoms. The highest BCUT2D eigenvalue weighted by Crippen LogP contribution is 2.33. The second-order valence-electron chi connectivity index (χ2n) is 2.74. The van der Waals surface area contributed by atoms with Crippen LogP contribution in [0.5, 0.6) is 0 Å². The third kappa shape index (κ3) is 2.45. The molecule has 0 saturated carbocycles.